The molecular weight excluding hydrogens is 358 g/mol. The summed E-state index contributed by atoms with van der Waals surface area (Å²) in [5.74, 6) is 0.673. The molecule has 8 heteroatoms. The van der Waals surface area contributed by atoms with Gasteiger partial charge >= 0.3 is 0 Å². The van der Waals surface area contributed by atoms with Gasteiger partial charge < -0.3 is 15.4 Å². The molecule has 134 valence electrons. The van der Waals surface area contributed by atoms with Crippen molar-refractivity contribution in [2.75, 3.05) is 25.5 Å². The summed E-state index contributed by atoms with van der Waals surface area (Å²) in [7, 11) is -1.94. The number of hydrogen-bond donors (Lipinski definition) is 3. The predicted octanol–water partition coefficient (Wildman–Crippen LogP) is 2.27. The van der Waals surface area contributed by atoms with Crippen LogP contribution < -0.4 is 20.1 Å². The first kappa shape index (κ1) is 19.2. The van der Waals surface area contributed by atoms with E-state index >= 15 is 0 Å². The third-order valence-electron chi connectivity index (χ3n) is 3.39. The van der Waals surface area contributed by atoms with Gasteiger partial charge in [0, 0.05) is 13.1 Å². The van der Waals surface area contributed by atoms with Crippen LogP contribution in [0.1, 0.15) is 5.56 Å². The summed E-state index contributed by atoms with van der Waals surface area (Å²) in [6.07, 6.45) is 0. The lowest BCUT2D eigenvalue weighted by atomic mass is 10.2. The Kier molecular flexibility index (Phi) is 6.74. The topological polar surface area (TPSA) is 79.5 Å². The maximum Gasteiger partial charge on any atom is 0.240 e. The van der Waals surface area contributed by atoms with E-state index in [1.807, 2.05) is 31.2 Å². The highest BCUT2D eigenvalue weighted by Crippen LogP contribution is 2.22. The first-order chi connectivity index (χ1) is 11.9. The number of ether oxygens (including phenoxy) is 1. The lowest BCUT2D eigenvalue weighted by Gasteiger charge is -2.13. The fourth-order valence-corrected chi connectivity index (χ4v) is 3.32. The molecule has 0 atom stereocenters. The number of anilines is 1. The Balaban J connectivity index is 1.80. The van der Waals surface area contributed by atoms with Gasteiger partial charge in [0.05, 0.1) is 17.7 Å². The molecule has 2 aromatic rings. The molecule has 3 N–H and O–H groups in total. The SMILES string of the molecule is COc1ccccc1NC(=S)NCCNS(=O)(=O)c1ccc(C)cc1. The molecule has 0 aromatic heterocycles. The third kappa shape index (κ3) is 5.70. The smallest absolute Gasteiger partial charge is 0.240 e. The zero-order valence-corrected chi connectivity index (χ0v) is 15.7. The summed E-state index contributed by atoms with van der Waals surface area (Å²) in [6.45, 7) is 2.47. The lowest BCUT2D eigenvalue weighted by Crippen LogP contribution is -2.36. The minimum Gasteiger partial charge on any atom is -0.495 e. The summed E-state index contributed by atoms with van der Waals surface area (Å²) >= 11 is 5.20. The molecule has 0 unspecified atom stereocenters. The van der Waals surface area contributed by atoms with Crippen molar-refractivity contribution in [1.82, 2.24) is 10.0 Å². The molecule has 0 fully saturated rings. The number of thiocarbonyl (C=S) groups is 1. The van der Waals surface area contributed by atoms with Gasteiger partial charge in [-0.05, 0) is 43.4 Å². The van der Waals surface area contributed by atoms with E-state index in [-0.39, 0.29) is 11.4 Å². The number of rotatable bonds is 7. The number of nitrogens with one attached hydrogen (secondary N) is 3. The zero-order valence-electron chi connectivity index (χ0n) is 14.1. The van der Waals surface area contributed by atoms with Crippen LogP contribution in [0.25, 0.3) is 0 Å². The van der Waals surface area contributed by atoms with Crippen molar-refractivity contribution < 1.29 is 13.2 Å². The van der Waals surface area contributed by atoms with Crippen LogP contribution in [0.15, 0.2) is 53.4 Å². The first-order valence-corrected chi connectivity index (χ1v) is 9.56. The van der Waals surface area contributed by atoms with Crippen LogP contribution in [0.4, 0.5) is 5.69 Å². The number of aryl methyl sites for hydroxylation is 1. The Morgan fingerprint density at radius 1 is 1.08 bits per heavy atom. The van der Waals surface area contributed by atoms with Crippen molar-refractivity contribution in [3.63, 3.8) is 0 Å². The van der Waals surface area contributed by atoms with Crippen molar-refractivity contribution in [1.29, 1.82) is 0 Å². The molecule has 0 aliphatic carbocycles. The second-order valence-electron chi connectivity index (χ2n) is 5.29. The van der Waals surface area contributed by atoms with Gasteiger partial charge in [-0.3, -0.25) is 0 Å². The van der Waals surface area contributed by atoms with Crippen LogP contribution in [-0.2, 0) is 10.0 Å². The Bertz CT molecular complexity index is 821. The number of methoxy groups -OCH3 is 1. The molecule has 6 nitrogen and oxygen atoms in total. The highest BCUT2D eigenvalue weighted by Gasteiger charge is 2.12. The van der Waals surface area contributed by atoms with E-state index in [1.54, 1.807) is 31.4 Å². The Labute approximate surface area is 153 Å². The van der Waals surface area contributed by atoms with Gasteiger partial charge in [-0.15, -0.1) is 0 Å². The van der Waals surface area contributed by atoms with E-state index in [9.17, 15) is 8.42 Å². The average molecular weight is 380 g/mol. The van der Waals surface area contributed by atoms with E-state index in [1.165, 1.54) is 0 Å². The van der Waals surface area contributed by atoms with E-state index in [4.69, 9.17) is 17.0 Å². The summed E-state index contributed by atoms with van der Waals surface area (Å²) in [4.78, 5) is 0.243. The van der Waals surface area contributed by atoms with Crippen molar-refractivity contribution in [2.24, 2.45) is 0 Å². The maximum absolute atomic E-state index is 12.2. The minimum atomic E-state index is -3.52. The van der Waals surface area contributed by atoms with Gasteiger partial charge in [0.15, 0.2) is 5.11 Å². The summed E-state index contributed by atoms with van der Waals surface area (Å²) < 4.78 is 32.1. The quantitative estimate of drug-likeness (QED) is 0.506. The minimum absolute atomic E-state index is 0.212. The van der Waals surface area contributed by atoms with Crippen molar-refractivity contribution in [2.45, 2.75) is 11.8 Å². The summed E-state index contributed by atoms with van der Waals surface area (Å²) in [6, 6.07) is 14.1. The fraction of sp³-hybridized carbons (Fsp3) is 0.235. The molecule has 0 saturated heterocycles. The largest absolute Gasteiger partial charge is 0.495 e. The molecule has 25 heavy (non-hydrogen) atoms. The highest BCUT2D eigenvalue weighted by atomic mass is 32.2. The second-order valence-corrected chi connectivity index (χ2v) is 7.47. The van der Waals surface area contributed by atoms with Crippen LogP contribution in [-0.4, -0.2) is 33.7 Å². The third-order valence-corrected chi connectivity index (χ3v) is 5.11. The number of para-hydroxylation sites is 2. The van der Waals surface area contributed by atoms with Gasteiger partial charge in [0.2, 0.25) is 10.0 Å². The van der Waals surface area contributed by atoms with E-state index < -0.39 is 10.0 Å². The molecule has 2 aromatic carbocycles. The molecule has 2 rings (SSSR count). The molecule has 0 radical (unpaired) electrons. The summed E-state index contributed by atoms with van der Waals surface area (Å²) in [5.41, 5.74) is 1.75. The monoisotopic (exact) mass is 379 g/mol. The molecule has 0 aliphatic rings. The standard InChI is InChI=1S/C17H21N3O3S2/c1-13-7-9-14(10-8-13)25(21,22)19-12-11-18-17(24)20-15-5-3-4-6-16(15)23-2/h3-10,19H,11-12H2,1-2H3,(H2,18,20,24). The predicted molar refractivity (Wildman–Crippen MR) is 104 cm³/mol. The Hall–Kier alpha value is -2.16. The van der Waals surface area contributed by atoms with Crippen LogP contribution in [0, 0.1) is 6.92 Å². The van der Waals surface area contributed by atoms with Crippen molar-refractivity contribution in [3.8, 4) is 5.75 Å². The Morgan fingerprint density at radius 2 is 1.76 bits per heavy atom. The van der Waals surface area contributed by atoms with E-state index in [0.29, 0.717) is 17.4 Å². The van der Waals surface area contributed by atoms with Crippen molar-refractivity contribution in [3.05, 3.63) is 54.1 Å². The number of sulfonamides is 1. The lowest BCUT2D eigenvalue weighted by molar-refractivity contribution is 0.417. The molecule has 0 heterocycles. The van der Waals surface area contributed by atoms with Crippen LogP contribution in [0.2, 0.25) is 0 Å². The second kappa shape index (κ2) is 8.80. The van der Waals surface area contributed by atoms with Gasteiger partial charge in [-0.25, -0.2) is 13.1 Å². The zero-order chi connectivity index (χ0) is 18.3. The first-order valence-electron chi connectivity index (χ1n) is 7.66. The summed E-state index contributed by atoms with van der Waals surface area (Å²) in [5, 5.41) is 6.36. The molecule has 0 bridgehead atoms. The van der Waals surface area contributed by atoms with Crippen LogP contribution in [0.5, 0.6) is 5.75 Å². The van der Waals surface area contributed by atoms with Crippen LogP contribution >= 0.6 is 12.2 Å². The number of hydrogen-bond acceptors (Lipinski definition) is 4. The molecular formula is C17H21N3O3S2. The average Bonchev–Trinajstić information content (AvgIpc) is 2.59. The Morgan fingerprint density at radius 3 is 2.44 bits per heavy atom. The molecule has 0 amide bonds. The molecule has 0 spiro atoms. The van der Waals surface area contributed by atoms with Gasteiger partial charge in [0.1, 0.15) is 5.75 Å². The highest BCUT2D eigenvalue weighted by molar-refractivity contribution is 7.89. The van der Waals surface area contributed by atoms with E-state index in [2.05, 4.69) is 15.4 Å². The van der Waals surface area contributed by atoms with Crippen LogP contribution in [0.3, 0.4) is 0 Å². The van der Waals surface area contributed by atoms with E-state index in [0.717, 1.165) is 11.3 Å². The van der Waals surface area contributed by atoms with Gasteiger partial charge in [0.25, 0.3) is 0 Å². The maximum atomic E-state index is 12.2. The van der Waals surface area contributed by atoms with Crippen molar-refractivity contribution >= 4 is 33.0 Å². The normalized spacial score (nSPS) is 11.0. The molecule has 0 aliphatic heterocycles. The molecule has 0 saturated carbocycles. The van der Waals surface area contributed by atoms with Gasteiger partial charge in [-0.2, -0.15) is 0 Å². The fourth-order valence-electron chi connectivity index (χ4n) is 2.08. The number of benzene rings is 2. The van der Waals surface area contributed by atoms with Gasteiger partial charge in [-0.1, -0.05) is 29.8 Å².